The van der Waals surface area contributed by atoms with Crippen molar-refractivity contribution in [3.8, 4) is 5.69 Å². The van der Waals surface area contributed by atoms with Gasteiger partial charge in [0.1, 0.15) is 0 Å². The van der Waals surface area contributed by atoms with Gasteiger partial charge in [0, 0.05) is 33.2 Å². The lowest BCUT2D eigenvalue weighted by Crippen LogP contribution is -2.06. The van der Waals surface area contributed by atoms with E-state index in [9.17, 15) is 4.79 Å². The van der Waals surface area contributed by atoms with Gasteiger partial charge in [-0.3, -0.25) is 4.79 Å². The molecule has 0 atom stereocenters. The molecule has 0 N–H and O–H groups in total. The molecule has 2 nitrogen and oxygen atoms in total. The van der Waals surface area contributed by atoms with Crippen molar-refractivity contribution in [2.24, 2.45) is 0 Å². The quantitative estimate of drug-likeness (QED) is 0.375. The molecule has 1 heterocycles. The highest BCUT2D eigenvalue weighted by Crippen LogP contribution is 2.32. The minimum Gasteiger partial charge on any atom is -0.313 e. The molecule has 1 aromatic heterocycles. The highest BCUT2D eigenvalue weighted by molar-refractivity contribution is 9.10. The number of hydrogen-bond acceptors (Lipinski definition) is 1. The molecule has 128 valence electrons. The molecule has 4 rings (SSSR count). The Morgan fingerprint density at radius 3 is 2.27 bits per heavy atom. The zero-order valence-electron chi connectivity index (χ0n) is 14.4. The van der Waals surface area contributed by atoms with Crippen molar-refractivity contribution in [3.05, 3.63) is 100 Å². The van der Waals surface area contributed by atoms with Gasteiger partial charge >= 0.3 is 0 Å². The van der Waals surface area contributed by atoms with Crippen molar-refractivity contribution in [2.75, 3.05) is 0 Å². The van der Waals surface area contributed by atoms with Crippen LogP contribution in [0, 0.1) is 6.92 Å². The third kappa shape index (κ3) is 2.99. The topological polar surface area (TPSA) is 22.0 Å². The van der Waals surface area contributed by atoms with Crippen LogP contribution in [0.1, 0.15) is 21.6 Å². The van der Waals surface area contributed by atoms with E-state index in [1.54, 1.807) is 0 Å². The van der Waals surface area contributed by atoms with E-state index >= 15 is 0 Å². The number of ketones is 1. The summed E-state index contributed by atoms with van der Waals surface area (Å²) in [5.74, 6) is 0.145. The second-order valence-corrected chi connectivity index (χ2v) is 7.29. The Hall–Kier alpha value is -2.65. The van der Waals surface area contributed by atoms with E-state index in [4.69, 9.17) is 0 Å². The molecule has 3 heteroatoms. The normalized spacial score (nSPS) is 11.0. The van der Waals surface area contributed by atoms with E-state index in [2.05, 4.69) is 38.7 Å². The fourth-order valence-electron chi connectivity index (χ4n) is 3.52. The maximum absolute atomic E-state index is 13.2. The smallest absolute Gasteiger partial charge is 0.169 e. The number of fused-ring (bicyclic) bond motifs is 1. The van der Waals surface area contributed by atoms with E-state index in [1.807, 2.05) is 67.6 Å². The number of Topliss-reactive ketones (excluding diaryl/α,β-unsaturated/α-hetero) is 1. The number of carbonyl (C=O) groups is 1. The maximum atomic E-state index is 13.2. The van der Waals surface area contributed by atoms with E-state index in [1.165, 1.54) is 0 Å². The molecule has 26 heavy (non-hydrogen) atoms. The number of carbonyl (C=O) groups excluding carboxylic acids is 1. The van der Waals surface area contributed by atoms with Gasteiger partial charge in [-0.15, -0.1) is 0 Å². The molecule has 0 amide bonds. The average molecular weight is 404 g/mol. The molecule has 0 spiro atoms. The van der Waals surface area contributed by atoms with Crippen molar-refractivity contribution in [1.82, 2.24) is 4.57 Å². The molecule has 0 aliphatic heterocycles. The SMILES string of the molecule is Cc1c(C(=O)Cc2ccccc2)c2cc(Br)ccc2n1-c1ccccc1. The number of aromatic nitrogens is 1. The van der Waals surface area contributed by atoms with Gasteiger partial charge in [0.05, 0.1) is 5.52 Å². The number of hydrogen-bond donors (Lipinski definition) is 0. The number of nitrogens with zero attached hydrogens (tertiary/aromatic N) is 1. The Morgan fingerprint density at radius 2 is 1.58 bits per heavy atom. The minimum absolute atomic E-state index is 0.145. The lowest BCUT2D eigenvalue weighted by atomic mass is 10.0. The molecule has 0 saturated carbocycles. The van der Waals surface area contributed by atoms with Crippen molar-refractivity contribution < 1.29 is 4.79 Å². The van der Waals surface area contributed by atoms with E-state index in [-0.39, 0.29) is 5.78 Å². The van der Waals surface area contributed by atoms with Crippen LogP contribution in [0.5, 0.6) is 0 Å². The van der Waals surface area contributed by atoms with Crippen LogP contribution in [-0.4, -0.2) is 10.4 Å². The predicted octanol–water partition coefficient (Wildman–Crippen LogP) is 6.13. The van der Waals surface area contributed by atoms with Crippen LogP contribution in [0.4, 0.5) is 0 Å². The fourth-order valence-corrected chi connectivity index (χ4v) is 3.88. The second kappa shape index (κ2) is 6.93. The Balaban J connectivity index is 1.90. The number of para-hydroxylation sites is 1. The van der Waals surface area contributed by atoms with Crippen molar-refractivity contribution in [3.63, 3.8) is 0 Å². The highest BCUT2D eigenvalue weighted by atomic mass is 79.9. The van der Waals surface area contributed by atoms with Gasteiger partial charge in [-0.2, -0.15) is 0 Å². The molecular formula is C23H18BrNO. The molecule has 0 bridgehead atoms. The summed E-state index contributed by atoms with van der Waals surface area (Å²) >= 11 is 3.55. The largest absolute Gasteiger partial charge is 0.313 e. The summed E-state index contributed by atoms with van der Waals surface area (Å²) in [5, 5.41) is 0.988. The third-order valence-electron chi connectivity index (χ3n) is 4.67. The van der Waals surface area contributed by atoms with Gasteiger partial charge < -0.3 is 4.57 Å². The summed E-state index contributed by atoms with van der Waals surface area (Å²) in [6, 6.07) is 26.2. The minimum atomic E-state index is 0.145. The molecule has 4 aromatic rings. The molecule has 0 aliphatic rings. The van der Waals surface area contributed by atoms with E-state index in [0.717, 1.165) is 37.9 Å². The molecule has 0 unspecified atom stereocenters. The van der Waals surface area contributed by atoms with Crippen LogP contribution < -0.4 is 0 Å². The zero-order chi connectivity index (χ0) is 18.1. The van der Waals surface area contributed by atoms with Crippen LogP contribution in [0.25, 0.3) is 16.6 Å². The average Bonchev–Trinajstić information content (AvgIpc) is 2.94. The molecule has 0 saturated heterocycles. The summed E-state index contributed by atoms with van der Waals surface area (Å²) in [5.41, 5.74) is 4.93. The number of rotatable bonds is 4. The van der Waals surface area contributed by atoms with Crippen molar-refractivity contribution in [2.45, 2.75) is 13.3 Å². The Bertz CT molecular complexity index is 1080. The third-order valence-corrected chi connectivity index (χ3v) is 5.16. The zero-order valence-corrected chi connectivity index (χ0v) is 16.0. The molecular weight excluding hydrogens is 386 g/mol. The number of halogens is 1. The number of benzene rings is 3. The van der Waals surface area contributed by atoms with Crippen molar-refractivity contribution in [1.29, 1.82) is 0 Å². The van der Waals surface area contributed by atoms with Gasteiger partial charge in [0.25, 0.3) is 0 Å². The highest BCUT2D eigenvalue weighted by Gasteiger charge is 2.21. The maximum Gasteiger partial charge on any atom is 0.169 e. The van der Waals surface area contributed by atoms with Gasteiger partial charge in [-0.25, -0.2) is 0 Å². The predicted molar refractivity (Wildman–Crippen MR) is 110 cm³/mol. The summed E-state index contributed by atoms with van der Waals surface area (Å²) in [6.07, 6.45) is 0.405. The first-order valence-electron chi connectivity index (χ1n) is 8.58. The van der Waals surface area contributed by atoms with Gasteiger partial charge in [0.15, 0.2) is 5.78 Å². The lowest BCUT2D eigenvalue weighted by molar-refractivity contribution is 0.0994. The summed E-state index contributed by atoms with van der Waals surface area (Å²) < 4.78 is 3.14. The first-order chi connectivity index (χ1) is 12.6. The Kier molecular flexibility index (Phi) is 4.48. The van der Waals surface area contributed by atoms with E-state index < -0.39 is 0 Å². The monoisotopic (exact) mass is 403 g/mol. The first kappa shape index (κ1) is 16.8. The van der Waals surface area contributed by atoms with Crippen LogP contribution in [0.15, 0.2) is 83.3 Å². The summed E-state index contributed by atoms with van der Waals surface area (Å²) in [4.78, 5) is 13.2. The first-order valence-corrected chi connectivity index (χ1v) is 9.37. The van der Waals surface area contributed by atoms with E-state index in [0.29, 0.717) is 6.42 Å². The van der Waals surface area contributed by atoms with Crippen molar-refractivity contribution >= 4 is 32.6 Å². The molecule has 0 aliphatic carbocycles. The lowest BCUT2D eigenvalue weighted by Gasteiger charge is -2.08. The van der Waals surface area contributed by atoms with Crippen LogP contribution in [0.2, 0.25) is 0 Å². The Labute approximate surface area is 161 Å². The summed E-state index contributed by atoms with van der Waals surface area (Å²) in [6.45, 7) is 2.03. The van der Waals surface area contributed by atoms with Crippen LogP contribution >= 0.6 is 15.9 Å². The molecule has 0 fully saturated rings. The van der Waals surface area contributed by atoms with Gasteiger partial charge in [-0.05, 0) is 42.8 Å². The second-order valence-electron chi connectivity index (χ2n) is 6.38. The van der Waals surface area contributed by atoms with Gasteiger partial charge in [0.2, 0.25) is 0 Å². The fraction of sp³-hybridized carbons (Fsp3) is 0.0870. The standard InChI is InChI=1S/C23H18BrNO/c1-16-23(22(26)14-17-8-4-2-5-9-17)20-15-18(24)12-13-21(20)25(16)19-10-6-3-7-11-19/h2-13,15H,14H2,1H3. The van der Waals surface area contributed by atoms with Gasteiger partial charge in [-0.1, -0.05) is 64.5 Å². The van der Waals surface area contributed by atoms with Crippen LogP contribution in [-0.2, 0) is 6.42 Å². The summed E-state index contributed by atoms with van der Waals surface area (Å²) in [7, 11) is 0. The Morgan fingerprint density at radius 1 is 0.923 bits per heavy atom. The molecule has 0 radical (unpaired) electrons. The van der Waals surface area contributed by atoms with Crippen LogP contribution in [0.3, 0.4) is 0 Å². The molecule has 3 aromatic carbocycles.